The Bertz CT molecular complexity index is 392. The van der Waals surface area contributed by atoms with Crippen molar-refractivity contribution in [2.45, 2.75) is 13.8 Å². The molecule has 1 aromatic heterocycles. The predicted octanol–water partition coefficient (Wildman–Crippen LogP) is 1.21. The number of carbonyl (C=O) groups excluding carboxylic acids is 1. The first-order valence-corrected chi connectivity index (χ1v) is 4.63. The second-order valence-corrected chi connectivity index (χ2v) is 3.55. The van der Waals surface area contributed by atoms with Crippen LogP contribution in [0.4, 0.5) is 0 Å². The van der Waals surface area contributed by atoms with E-state index < -0.39 is 0 Å². The largest absolute Gasteiger partial charge is 0.351 e. The first kappa shape index (κ1) is 11.2. The molecule has 0 aliphatic rings. The summed E-state index contributed by atoms with van der Waals surface area (Å²) < 4.78 is 4.84. The maximum atomic E-state index is 11.7. The van der Waals surface area contributed by atoms with E-state index in [2.05, 4.69) is 11.2 Å². The van der Waals surface area contributed by atoms with Gasteiger partial charge in [-0.05, 0) is 13.8 Å². The molecule has 1 aromatic rings. The zero-order valence-electron chi connectivity index (χ0n) is 9.02. The molecule has 1 unspecified atom stereocenters. The number of nitriles is 1. The lowest BCUT2D eigenvalue weighted by atomic mass is 10.2. The van der Waals surface area contributed by atoms with Crippen LogP contribution in [0.3, 0.4) is 0 Å². The minimum Gasteiger partial charge on any atom is -0.351 e. The molecule has 0 spiro atoms. The quantitative estimate of drug-likeness (QED) is 0.747. The van der Waals surface area contributed by atoms with Crippen LogP contribution in [0.15, 0.2) is 10.6 Å². The van der Waals surface area contributed by atoms with Gasteiger partial charge in [0, 0.05) is 19.7 Å². The van der Waals surface area contributed by atoms with Crippen molar-refractivity contribution in [2.75, 3.05) is 13.6 Å². The molecule has 1 rings (SSSR count). The van der Waals surface area contributed by atoms with E-state index in [4.69, 9.17) is 9.78 Å². The highest BCUT2D eigenvalue weighted by molar-refractivity contribution is 5.91. The van der Waals surface area contributed by atoms with Crippen LogP contribution >= 0.6 is 0 Å². The maximum absolute atomic E-state index is 11.7. The third-order valence-corrected chi connectivity index (χ3v) is 1.95. The molecule has 0 saturated heterocycles. The van der Waals surface area contributed by atoms with Crippen LogP contribution in [0.1, 0.15) is 23.2 Å². The Hall–Kier alpha value is -1.83. The summed E-state index contributed by atoms with van der Waals surface area (Å²) in [5.41, 5.74) is 0.667. The fourth-order valence-electron chi connectivity index (χ4n) is 1.19. The van der Waals surface area contributed by atoms with E-state index in [-0.39, 0.29) is 17.6 Å². The summed E-state index contributed by atoms with van der Waals surface area (Å²) in [6.07, 6.45) is 0. The van der Waals surface area contributed by atoms with Crippen molar-refractivity contribution in [1.82, 2.24) is 10.1 Å². The Morgan fingerprint density at radius 1 is 1.80 bits per heavy atom. The molecule has 0 N–H and O–H groups in total. The summed E-state index contributed by atoms with van der Waals surface area (Å²) in [5, 5.41) is 12.2. The molecule has 0 aliphatic carbocycles. The molecule has 15 heavy (non-hydrogen) atoms. The molecule has 0 fully saturated rings. The van der Waals surface area contributed by atoms with Gasteiger partial charge in [0.05, 0.1) is 17.7 Å². The Morgan fingerprint density at radius 3 is 2.93 bits per heavy atom. The van der Waals surface area contributed by atoms with Gasteiger partial charge in [-0.3, -0.25) is 4.79 Å². The third-order valence-electron chi connectivity index (χ3n) is 1.95. The van der Waals surface area contributed by atoms with Gasteiger partial charge in [-0.2, -0.15) is 5.26 Å². The van der Waals surface area contributed by atoms with E-state index >= 15 is 0 Å². The van der Waals surface area contributed by atoms with E-state index in [0.717, 1.165) is 0 Å². The van der Waals surface area contributed by atoms with Crippen molar-refractivity contribution in [3.8, 4) is 6.07 Å². The number of amides is 1. The fraction of sp³-hybridized carbons (Fsp3) is 0.500. The van der Waals surface area contributed by atoms with Crippen molar-refractivity contribution in [1.29, 1.82) is 5.26 Å². The summed E-state index contributed by atoms with van der Waals surface area (Å²) in [7, 11) is 1.63. The van der Waals surface area contributed by atoms with E-state index in [1.54, 1.807) is 27.0 Å². The summed E-state index contributed by atoms with van der Waals surface area (Å²) in [6.45, 7) is 3.89. The number of aryl methyl sites for hydroxylation is 1. The Labute approximate surface area is 88.3 Å². The zero-order chi connectivity index (χ0) is 11.4. The van der Waals surface area contributed by atoms with Crippen molar-refractivity contribution in [3.63, 3.8) is 0 Å². The first-order valence-electron chi connectivity index (χ1n) is 4.63. The number of aromatic nitrogens is 1. The molecular weight excluding hydrogens is 194 g/mol. The number of hydrogen-bond acceptors (Lipinski definition) is 4. The number of rotatable bonds is 3. The molecule has 0 aliphatic heterocycles. The molecule has 0 aromatic carbocycles. The van der Waals surface area contributed by atoms with Crippen molar-refractivity contribution in [3.05, 3.63) is 17.5 Å². The van der Waals surface area contributed by atoms with Crippen molar-refractivity contribution >= 4 is 5.91 Å². The third kappa shape index (κ3) is 2.81. The number of nitrogens with zero attached hydrogens (tertiary/aromatic N) is 3. The first-order chi connectivity index (χ1) is 7.04. The molecule has 0 bridgehead atoms. The minimum atomic E-state index is -0.252. The molecule has 80 valence electrons. The Morgan fingerprint density at radius 2 is 2.47 bits per heavy atom. The van der Waals surface area contributed by atoms with Gasteiger partial charge in [-0.15, -0.1) is 0 Å². The molecule has 5 heteroatoms. The molecular formula is C10H13N3O2. The smallest absolute Gasteiger partial charge is 0.292 e. The van der Waals surface area contributed by atoms with Crippen molar-refractivity contribution in [2.24, 2.45) is 5.92 Å². The van der Waals surface area contributed by atoms with Gasteiger partial charge in [0.2, 0.25) is 5.76 Å². The van der Waals surface area contributed by atoms with Crippen LogP contribution in [-0.4, -0.2) is 29.6 Å². The highest BCUT2D eigenvalue weighted by atomic mass is 16.5. The summed E-state index contributed by atoms with van der Waals surface area (Å²) >= 11 is 0. The van der Waals surface area contributed by atoms with E-state index in [1.165, 1.54) is 4.90 Å². The molecule has 1 heterocycles. The molecule has 5 nitrogen and oxygen atoms in total. The molecule has 1 amide bonds. The number of hydrogen-bond donors (Lipinski definition) is 0. The van der Waals surface area contributed by atoms with Crippen LogP contribution in [0, 0.1) is 24.2 Å². The van der Waals surface area contributed by atoms with Gasteiger partial charge in [-0.25, -0.2) is 0 Å². The van der Waals surface area contributed by atoms with Crippen LogP contribution < -0.4 is 0 Å². The molecule has 1 atom stereocenters. The maximum Gasteiger partial charge on any atom is 0.292 e. The highest BCUT2D eigenvalue weighted by Gasteiger charge is 2.17. The van der Waals surface area contributed by atoms with Crippen LogP contribution in [0.2, 0.25) is 0 Å². The highest BCUT2D eigenvalue weighted by Crippen LogP contribution is 2.07. The zero-order valence-corrected chi connectivity index (χ0v) is 9.02. The summed E-state index contributed by atoms with van der Waals surface area (Å²) in [5.74, 6) is -0.235. The SMILES string of the molecule is Cc1cc(C(=O)N(C)CC(C)C#N)on1. The Balaban J connectivity index is 2.65. The van der Waals surface area contributed by atoms with Gasteiger partial charge < -0.3 is 9.42 Å². The topological polar surface area (TPSA) is 70.1 Å². The van der Waals surface area contributed by atoms with E-state index in [9.17, 15) is 4.79 Å². The monoisotopic (exact) mass is 207 g/mol. The summed E-state index contributed by atoms with van der Waals surface area (Å²) in [4.78, 5) is 13.1. The standard InChI is InChI=1S/C10H13N3O2/c1-7(5-11)6-13(3)10(14)9-4-8(2)12-15-9/h4,7H,6H2,1-3H3. The second-order valence-electron chi connectivity index (χ2n) is 3.55. The number of carbonyl (C=O) groups is 1. The average Bonchev–Trinajstić information content (AvgIpc) is 2.63. The van der Waals surface area contributed by atoms with Crippen LogP contribution in [0.5, 0.6) is 0 Å². The van der Waals surface area contributed by atoms with Crippen molar-refractivity contribution < 1.29 is 9.32 Å². The molecule has 0 saturated carbocycles. The lowest BCUT2D eigenvalue weighted by Gasteiger charge is -2.15. The normalized spacial score (nSPS) is 11.9. The van der Waals surface area contributed by atoms with Crippen LogP contribution in [0.25, 0.3) is 0 Å². The lowest BCUT2D eigenvalue weighted by molar-refractivity contribution is 0.0743. The van der Waals surface area contributed by atoms with Gasteiger partial charge in [0.25, 0.3) is 5.91 Å². The summed E-state index contributed by atoms with van der Waals surface area (Å²) in [6, 6.07) is 3.65. The lowest BCUT2D eigenvalue weighted by Crippen LogP contribution is -2.30. The van der Waals surface area contributed by atoms with Gasteiger partial charge in [0.1, 0.15) is 0 Å². The van der Waals surface area contributed by atoms with E-state index in [0.29, 0.717) is 12.2 Å². The Kier molecular flexibility index (Phi) is 3.45. The van der Waals surface area contributed by atoms with Gasteiger partial charge in [-0.1, -0.05) is 5.16 Å². The van der Waals surface area contributed by atoms with Gasteiger partial charge >= 0.3 is 0 Å². The second kappa shape index (κ2) is 4.60. The average molecular weight is 207 g/mol. The minimum absolute atomic E-state index is 0.192. The molecule has 0 radical (unpaired) electrons. The predicted molar refractivity (Wildman–Crippen MR) is 53.0 cm³/mol. The van der Waals surface area contributed by atoms with Gasteiger partial charge in [0.15, 0.2) is 0 Å². The van der Waals surface area contributed by atoms with Crippen LogP contribution in [-0.2, 0) is 0 Å². The van der Waals surface area contributed by atoms with E-state index in [1.807, 2.05) is 0 Å². The fourth-order valence-corrected chi connectivity index (χ4v) is 1.19.